The Kier molecular flexibility index (Phi) is 4.91. The van der Waals surface area contributed by atoms with Gasteiger partial charge in [-0.1, -0.05) is 18.2 Å². The first-order valence-corrected chi connectivity index (χ1v) is 9.18. The lowest BCUT2D eigenvalue weighted by Crippen LogP contribution is -2.37. The number of anilines is 1. The second-order valence-corrected chi connectivity index (χ2v) is 7.19. The van der Waals surface area contributed by atoms with E-state index >= 15 is 0 Å². The van der Waals surface area contributed by atoms with Crippen LogP contribution in [0.1, 0.15) is 6.92 Å². The largest absolute Gasteiger partial charge is 0.454 e. The summed E-state index contributed by atoms with van der Waals surface area (Å²) in [4.78, 5) is 13.6. The quantitative estimate of drug-likeness (QED) is 0.846. The molecule has 0 fully saturated rings. The highest BCUT2D eigenvalue weighted by Crippen LogP contribution is 2.35. The summed E-state index contributed by atoms with van der Waals surface area (Å²) in [6.45, 7) is 1.86. The summed E-state index contributed by atoms with van der Waals surface area (Å²) in [5.41, 5.74) is 0.621. The number of rotatable bonds is 6. The third kappa shape index (κ3) is 3.92. The lowest BCUT2D eigenvalue weighted by atomic mass is 10.2. The molecule has 3 rings (SSSR count). The van der Waals surface area contributed by atoms with Gasteiger partial charge in [-0.05, 0) is 24.3 Å². The zero-order valence-electron chi connectivity index (χ0n) is 13.6. The fourth-order valence-corrected chi connectivity index (χ4v) is 3.54. The highest BCUT2D eigenvalue weighted by molar-refractivity contribution is 7.89. The van der Waals surface area contributed by atoms with Crippen molar-refractivity contribution in [1.82, 2.24) is 4.72 Å². The van der Waals surface area contributed by atoms with Gasteiger partial charge >= 0.3 is 0 Å². The number of ether oxygens (including phenoxy) is 2. The average Bonchev–Trinajstić information content (AvgIpc) is 3.07. The molecule has 0 atom stereocenters. The molecule has 1 amide bonds. The Morgan fingerprint density at radius 1 is 1.12 bits per heavy atom. The van der Waals surface area contributed by atoms with Gasteiger partial charge in [0.2, 0.25) is 22.7 Å². The second-order valence-electron chi connectivity index (χ2n) is 5.42. The summed E-state index contributed by atoms with van der Waals surface area (Å²) >= 11 is 0. The molecule has 2 aromatic rings. The maximum Gasteiger partial charge on any atom is 0.240 e. The van der Waals surface area contributed by atoms with Crippen molar-refractivity contribution >= 4 is 21.6 Å². The highest BCUT2D eigenvalue weighted by atomic mass is 32.2. The predicted octanol–water partition coefficient (Wildman–Crippen LogP) is 1.75. The van der Waals surface area contributed by atoms with Crippen LogP contribution in [-0.4, -0.2) is 34.2 Å². The second kappa shape index (κ2) is 7.12. The SMILES string of the molecule is CC(=O)N(CCNS(=O)(=O)c1ccccc1)c1ccc2c(c1)OCO2. The van der Waals surface area contributed by atoms with Gasteiger partial charge in [-0.2, -0.15) is 0 Å². The average molecular weight is 362 g/mol. The Hall–Kier alpha value is -2.58. The number of benzene rings is 2. The fourth-order valence-electron chi connectivity index (χ4n) is 2.50. The van der Waals surface area contributed by atoms with Crippen molar-refractivity contribution in [3.63, 3.8) is 0 Å². The van der Waals surface area contributed by atoms with Crippen LogP contribution in [0.3, 0.4) is 0 Å². The lowest BCUT2D eigenvalue weighted by Gasteiger charge is -2.21. The Morgan fingerprint density at radius 3 is 2.56 bits per heavy atom. The first kappa shape index (κ1) is 17.2. The van der Waals surface area contributed by atoms with Crippen LogP contribution in [-0.2, 0) is 14.8 Å². The minimum absolute atomic E-state index is 0.0885. The monoisotopic (exact) mass is 362 g/mol. The Bertz CT molecular complexity index is 868. The molecule has 0 saturated carbocycles. The standard InChI is InChI=1S/C17H18N2O5S/c1-13(20)19(14-7-8-16-17(11-14)24-12-23-16)10-9-18-25(21,22)15-5-3-2-4-6-15/h2-8,11,18H,9-10,12H2,1H3. The van der Waals surface area contributed by atoms with Crippen molar-refractivity contribution in [2.45, 2.75) is 11.8 Å². The molecule has 132 valence electrons. The predicted molar refractivity (Wildman–Crippen MR) is 92.2 cm³/mol. The number of carbonyl (C=O) groups is 1. The molecule has 1 heterocycles. The number of fused-ring (bicyclic) bond motifs is 1. The molecular weight excluding hydrogens is 344 g/mol. The zero-order chi connectivity index (χ0) is 17.9. The zero-order valence-corrected chi connectivity index (χ0v) is 14.5. The van der Waals surface area contributed by atoms with E-state index in [1.54, 1.807) is 36.4 Å². The number of hydrogen-bond acceptors (Lipinski definition) is 5. The van der Waals surface area contributed by atoms with E-state index in [1.165, 1.54) is 24.0 Å². The van der Waals surface area contributed by atoms with Gasteiger partial charge in [0, 0.05) is 31.8 Å². The van der Waals surface area contributed by atoms with E-state index in [0.29, 0.717) is 17.2 Å². The molecule has 8 heteroatoms. The molecule has 1 aliphatic rings. The summed E-state index contributed by atoms with van der Waals surface area (Å²) in [6.07, 6.45) is 0. The number of hydrogen-bond donors (Lipinski definition) is 1. The summed E-state index contributed by atoms with van der Waals surface area (Å²) < 4.78 is 37.5. The molecule has 1 aliphatic heterocycles. The van der Waals surface area contributed by atoms with Crippen LogP contribution in [0.5, 0.6) is 11.5 Å². The van der Waals surface area contributed by atoms with Crippen molar-refractivity contribution < 1.29 is 22.7 Å². The number of sulfonamides is 1. The lowest BCUT2D eigenvalue weighted by molar-refractivity contribution is -0.116. The molecule has 1 N–H and O–H groups in total. The number of nitrogens with one attached hydrogen (secondary N) is 1. The van der Waals surface area contributed by atoms with E-state index < -0.39 is 10.0 Å². The minimum Gasteiger partial charge on any atom is -0.454 e. The molecule has 25 heavy (non-hydrogen) atoms. The maximum atomic E-state index is 12.2. The van der Waals surface area contributed by atoms with Crippen molar-refractivity contribution in [2.24, 2.45) is 0 Å². The smallest absolute Gasteiger partial charge is 0.240 e. The van der Waals surface area contributed by atoms with Gasteiger partial charge in [0.15, 0.2) is 11.5 Å². The van der Waals surface area contributed by atoms with Gasteiger partial charge < -0.3 is 14.4 Å². The van der Waals surface area contributed by atoms with Gasteiger partial charge in [0.25, 0.3) is 0 Å². The Morgan fingerprint density at radius 2 is 1.84 bits per heavy atom. The van der Waals surface area contributed by atoms with Gasteiger partial charge in [-0.15, -0.1) is 0 Å². The summed E-state index contributed by atoms with van der Waals surface area (Å²) in [7, 11) is -3.61. The van der Waals surface area contributed by atoms with Crippen LogP contribution >= 0.6 is 0 Å². The third-order valence-corrected chi connectivity index (χ3v) is 5.21. The molecule has 0 spiro atoms. The summed E-state index contributed by atoms with van der Waals surface area (Å²) in [5.74, 6) is 0.989. The third-order valence-electron chi connectivity index (χ3n) is 3.73. The Labute approximate surface area is 146 Å². The Balaban J connectivity index is 1.68. The molecule has 0 radical (unpaired) electrons. The van der Waals surface area contributed by atoms with Crippen LogP contribution in [0.2, 0.25) is 0 Å². The van der Waals surface area contributed by atoms with E-state index in [1.807, 2.05) is 0 Å². The van der Waals surface area contributed by atoms with Gasteiger partial charge in [0.1, 0.15) is 0 Å². The molecule has 0 aliphatic carbocycles. The first-order valence-electron chi connectivity index (χ1n) is 7.70. The number of amides is 1. The normalized spacial score (nSPS) is 12.8. The van der Waals surface area contributed by atoms with Crippen LogP contribution in [0.15, 0.2) is 53.4 Å². The molecule has 2 aromatic carbocycles. The minimum atomic E-state index is -3.61. The van der Waals surface area contributed by atoms with Crippen LogP contribution in [0, 0.1) is 0 Å². The van der Waals surface area contributed by atoms with Gasteiger partial charge in [-0.3, -0.25) is 4.79 Å². The van der Waals surface area contributed by atoms with E-state index in [-0.39, 0.29) is 30.7 Å². The molecule has 0 unspecified atom stereocenters. The summed E-state index contributed by atoms with van der Waals surface area (Å²) in [5, 5.41) is 0. The van der Waals surface area contributed by atoms with Crippen LogP contribution < -0.4 is 19.1 Å². The van der Waals surface area contributed by atoms with E-state index in [2.05, 4.69) is 4.72 Å². The van der Waals surface area contributed by atoms with Gasteiger partial charge in [0.05, 0.1) is 4.90 Å². The van der Waals surface area contributed by atoms with E-state index in [9.17, 15) is 13.2 Å². The molecule has 0 aromatic heterocycles. The van der Waals surface area contributed by atoms with Crippen molar-refractivity contribution in [1.29, 1.82) is 0 Å². The van der Waals surface area contributed by atoms with E-state index in [0.717, 1.165) is 0 Å². The van der Waals surface area contributed by atoms with Crippen molar-refractivity contribution in [2.75, 3.05) is 24.8 Å². The summed E-state index contributed by atoms with van der Waals surface area (Å²) in [6, 6.07) is 13.3. The van der Waals surface area contributed by atoms with Crippen LogP contribution in [0.25, 0.3) is 0 Å². The molecule has 0 bridgehead atoms. The van der Waals surface area contributed by atoms with Crippen LogP contribution in [0.4, 0.5) is 5.69 Å². The first-order chi connectivity index (χ1) is 12.0. The topological polar surface area (TPSA) is 84.9 Å². The molecule has 0 saturated heterocycles. The maximum absolute atomic E-state index is 12.2. The fraction of sp³-hybridized carbons (Fsp3) is 0.235. The molecule has 7 nitrogen and oxygen atoms in total. The molecular formula is C17H18N2O5S. The number of nitrogens with zero attached hydrogens (tertiary/aromatic N) is 1. The van der Waals surface area contributed by atoms with Gasteiger partial charge in [-0.25, -0.2) is 13.1 Å². The highest BCUT2D eigenvalue weighted by Gasteiger charge is 2.19. The number of carbonyl (C=O) groups excluding carboxylic acids is 1. The van der Waals surface area contributed by atoms with Crippen molar-refractivity contribution in [3.05, 3.63) is 48.5 Å². The van der Waals surface area contributed by atoms with E-state index in [4.69, 9.17) is 9.47 Å². The van der Waals surface area contributed by atoms with Crippen molar-refractivity contribution in [3.8, 4) is 11.5 Å².